The summed E-state index contributed by atoms with van der Waals surface area (Å²) in [5.41, 5.74) is 2.79. The molecule has 0 aliphatic carbocycles. The Morgan fingerprint density at radius 3 is 2.81 bits per heavy atom. The summed E-state index contributed by atoms with van der Waals surface area (Å²) >= 11 is 3.56. The number of hydrogen-bond donors (Lipinski definition) is 1. The molecule has 1 N–H and O–H groups in total. The van der Waals surface area contributed by atoms with Crippen molar-refractivity contribution in [2.75, 3.05) is 20.2 Å². The van der Waals surface area contributed by atoms with Crippen LogP contribution in [0.5, 0.6) is 0 Å². The van der Waals surface area contributed by atoms with Crippen molar-refractivity contribution in [2.24, 2.45) is 0 Å². The van der Waals surface area contributed by atoms with Crippen LogP contribution < -0.4 is 5.32 Å². The molecule has 2 rings (SSSR count). The Balaban J connectivity index is 2.24. The molecule has 0 spiro atoms. The van der Waals surface area contributed by atoms with Gasteiger partial charge < -0.3 is 10.1 Å². The smallest absolute Gasteiger partial charge is 0.0715 e. The fraction of sp³-hybridized carbons (Fsp3) is 0.538. The first kappa shape index (κ1) is 12.1. The first-order chi connectivity index (χ1) is 7.81. The Morgan fingerprint density at radius 1 is 1.38 bits per heavy atom. The molecule has 3 heteroatoms. The fourth-order valence-electron chi connectivity index (χ4n) is 2.37. The van der Waals surface area contributed by atoms with E-state index in [0.717, 1.165) is 13.1 Å². The lowest BCUT2D eigenvalue weighted by Crippen LogP contribution is -2.27. The first-order valence-electron chi connectivity index (χ1n) is 5.79. The molecule has 0 saturated carbocycles. The zero-order valence-electron chi connectivity index (χ0n) is 9.63. The van der Waals surface area contributed by atoms with Gasteiger partial charge in [-0.25, -0.2) is 0 Å². The zero-order valence-corrected chi connectivity index (χ0v) is 11.2. The van der Waals surface area contributed by atoms with Crippen LogP contribution in [-0.2, 0) is 11.3 Å². The maximum atomic E-state index is 5.27. The second kappa shape index (κ2) is 5.80. The molecule has 1 aliphatic heterocycles. The van der Waals surface area contributed by atoms with Crippen molar-refractivity contribution in [1.29, 1.82) is 0 Å². The molecule has 88 valence electrons. The van der Waals surface area contributed by atoms with Crippen LogP contribution in [0.2, 0.25) is 0 Å². The predicted molar refractivity (Wildman–Crippen MR) is 69.7 cm³/mol. The molecule has 0 bridgehead atoms. The van der Waals surface area contributed by atoms with Crippen LogP contribution in [0.15, 0.2) is 22.7 Å². The number of methoxy groups -OCH3 is 1. The van der Waals surface area contributed by atoms with Gasteiger partial charge in [0, 0.05) is 11.6 Å². The highest BCUT2D eigenvalue weighted by Crippen LogP contribution is 2.30. The molecule has 1 aromatic carbocycles. The Bertz CT molecular complexity index is 348. The summed E-state index contributed by atoms with van der Waals surface area (Å²) < 4.78 is 6.44. The van der Waals surface area contributed by atoms with E-state index < -0.39 is 0 Å². The Hall–Kier alpha value is -0.380. The van der Waals surface area contributed by atoms with Crippen LogP contribution in [0.25, 0.3) is 0 Å². The molecule has 0 aromatic heterocycles. The van der Waals surface area contributed by atoms with Gasteiger partial charge in [0.05, 0.1) is 6.61 Å². The third-order valence-corrected chi connectivity index (χ3v) is 3.68. The maximum Gasteiger partial charge on any atom is 0.0715 e. The van der Waals surface area contributed by atoms with Crippen molar-refractivity contribution in [3.05, 3.63) is 33.8 Å². The average Bonchev–Trinajstić information content (AvgIpc) is 2.33. The number of rotatable bonds is 3. The van der Waals surface area contributed by atoms with Crippen molar-refractivity contribution in [1.82, 2.24) is 5.32 Å². The van der Waals surface area contributed by atoms with E-state index in [0.29, 0.717) is 12.5 Å². The van der Waals surface area contributed by atoms with E-state index in [4.69, 9.17) is 4.74 Å². The van der Waals surface area contributed by atoms with E-state index in [1.54, 1.807) is 7.11 Å². The predicted octanol–water partition coefficient (Wildman–Crippen LogP) is 3.06. The summed E-state index contributed by atoms with van der Waals surface area (Å²) in [5, 5.41) is 3.41. The molecule has 1 saturated heterocycles. The molecule has 1 aliphatic rings. The van der Waals surface area contributed by atoms with E-state index in [2.05, 4.69) is 39.4 Å². The summed E-state index contributed by atoms with van der Waals surface area (Å²) in [6.45, 7) is 2.97. The standard InChI is InChI=1S/C13H18BrNO/c1-16-9-11-2-3-12(14)8-13(11)10-4-6-15-7-5-10/h2-3,8,10,15H,4-7,9H2,1H3. The highest BCUT2D eigenvalue weighted by Gasteiger charge is 2.18. The van der Waals surface area contributed by atoms with Crippen LogP contribution in [0, 0.1) is 0 Å². The summed E-state index contributed by atoms with van der Waals surface area (Å²) in [7, 11) is 1.76. The quantitative estimate of drug-likeness (QED) is 0.921. The van der Waals surface area contributed by atoms with Gasteiger partial charge in [-0.3, -0.25) is 0 Å². The number of benzene rings is 1. The molecular formula is C13H18BrNO. The lowest BCUT2D eigenvalue weighted by molar-refractivity contribution is 0.183. The summed E-state index contributed by atoms with van der Waals surface area (Å²) in [6, 6.07) is 6.52. The van der Waals surface area contributed by atoms with Crippen molar-refractivity contribution in [3.8, 4) is 0 Å². The lowest BCUT2D eigenvalue weighted by Gasteiger charge is -2.25. The molecule has 0 amide bonds. The van der Waals surface area contributed by atoms with Crippen LogP contribution in [0.1, 0.15) is 29.9 Å². The van der Waals surface area contributed by atoms with Crippen LogP contribution in [0.3, 0.4) is 0 Å². The van der Waals surface area contributed by atoms with Gasteiger partial charge in [-0.1, -0.05) is 22.0 Å². The Labute approximate surface area is 106 Å². The third-order valence-electron chi connectivity index (χ3n) is 3.19. The van der Waals surface area contributed by atoms with E-state index in [9.17, 15) is 0 Å². The van der Waals surface area contributed by atoms with Crippen molar-refractivity contribution < 1.29 is 4.74 Å². The number of halogens is 1. The topological polar surface area (TPSA) is 21.3 Å². The summed E-state index contributed by atoms with van der Waals surface area (Å²) in [4.78, 5) is 0. The van der Waals surface area contributed by atoms with Gasteiger partial charge in [-0.05, 0) is 55.1 Å². The molecule has 1 heterocycles. The van der Waals surface area contributed by atoms with Crippen molar-refractivity contribution >= 4 is 15.9 Å². The first-order valence-corrected chi connectivity index (χ1v) is 6.58. The van der Waals surface area contributed by atoms with E-state index in [-0.39, 0.29) is 0 Å². The van der Waals surface area contributed by atoms with Gasteiger partial charge in [0.15, 0.2) is 0 Å². The highest BCUT2D eigenvalue weighted by molar-refractivity contribution is 9.10. The molecule has 1 aromatic rings. The van der Waals surface area contributed by atoms with Crippen molar-refractivity contribution in [3.63, 3.8) is 0 Å². The molecule has 16 heavy (non-hydrogen) atoms. The number of piperidine rings is 1. The minimum absolute atomic E-state index is 0.684. The second-order valence-electron chi connectivity index (χ2n) is 4.30. The third kappa shape index (κ3) is 2.84. The largest absolute Gasteiger partial charge is 0.380 e. The van der Waals surface area contributed by atoms with E-state index in [1.165, 1.54) is 28.4 Å². The van der Waals surface area contributed by atoms with Gasteiger partial charge >= 0.3 is 0 Å². The Kier molecular flexibility index (Phi) is 4.38. The molecular weight excluding hydrogens is 266 g/mol. The monoisotopic (exact) mass is 283 g/mol. The number of ether oxygens (including phenoxy) is 1. The summed E-state index contributed by atoms with van der Waals surface area (Å²) in [5.74, 6) is 0.684. The highest BCUT2D eigenvalue weighted by atomic mass is 79.9. The molecule has 0 atom stereocenters. The van der Waals surface area contributed by atoms with Crippen molar-refractivity contribution in [2.45, 2.75) is 25.4 Å². The normalized spacial score (nSPS) is 17.6. The van der Waals surface area contributed by atoms with Crippen LogP contribution in [0.4, 0.5) is 0 Å². The lowest BCUT2D eigenvalue weighted by atomic mass is 9.87. The van der Waals surface area contributed by atoms with Gasteiger partial charge in [0.25, 0.3) is 0 Å². The van der Waals surface area contributed by atoms with Gasteiger partial charge in [-0.2, -0.15) is 0 Å². The summed E-state index contributed by atoms with van der Waals surface area (Å²) in [6.07, 6.45) is 2.46. The van der Waals surface area contributed by atoms with E-state index in [1.807, 2.05) is 0 Å². The van der Waals surface area contributed by atoms with Gasteiger partial charge in [-0.15, -0.1) is 0 Å². The number of hydrogen-bond acceptors (Lipinski definition) is 2. The average molecular weight is 284 g/mol. The van der Waals surface area contributed by atoms with E-state index >= 15 is 0 Å². The molecule has 1 fully saturated rings. The minimum atomic E-state index is 0.684. The fourth-order valence-corrected chi connectivity index (χ4v) is 2.74. The van der Waals surface area contributed by atoms with Gasteiger partial charge in [0.2, 0.25) is 0 Å². The molecule has 2 nitrogen and oxygen atoms in total. The minimum Gasteiger partial charge on any atom is -0.380 e. The van der Waals surface area contributed by atoms with Crippen LogP contribution in [-0.4, -0.2) is 20.2 Å². The number of nitrogens with one attached hydrogen (secondary N) is 1. The van der Waals surface area contributed by atoms with Gasteiger partial charge in [0.1, 0.15) is 0 Å². The maximum absolute atomic E-state index is 5.27. The molecule has 0 radical (unpaired) electrons. The zero-order chi connectivity index (χ0) is 11.4. The molecule has 0 unspecified atom stereocenters. The Morgan fingerprint density at radius 2 is 2.12 bits per heavy atom. The second-order valence-corrected chi connectivity index (χ2v) is 5.22. The SMILES string of the molecule is COCc1ccc(Br)cc1C1CCNCC1. The van der Waals surface area contributed by atoms with Crippen LogP contribution >= 0.6 is 15.9 Å².